The van der Waals surface area contributed by atoms with E-state index >= 15 is 0 Å². The third kappa shape index (κ3) is 6.01. The number of sulfonamides is 1. The van der Waals surface area contributed by atoms with Gasteiger partial charge in [0.2, 0.25) is 10.0 Å². The van der Waals surface area contributed by atoms with Crippen molar-refractivity contribution in [1.29, 1.82) is 0 Å². The van der Waals surface area contributed by atoms with Crippen LogP contribution in [0.2, 0.25) is 0 Å². The van der Waals surface area contributed by atoms with Crippen LogP contribution in [0.15, 0.2) is 59.4 Å². The highest BCUT2D eigenvalue weighted by Gasteiger charge is 2.31. The van der Waals surface area contributed by atoms with Crippen LogP contribution in [-0.4, -0.2) is 73.9 Å². The fourth-order valence-corrected chi connectivity index (χ4v) is 6.10. The summed E-state index contributed by atoms with van der Waals surface area (Å²) in [6.45, 7) is 5.93. The van der Waals surface area contributed by atoms with Gasteiger partial charge in [0.25, 0.3) is 5.91 Å². The minimum absolute atomic E-state index is 0.00863. The SMILES string of the molecule is COc1ccccc1-n1c(-c2ccccc2)c(C(=O)N2CCNCC2)n(CCNS(=O)(=O)CC(C)C)c1=O. The Labute approximate surface area is 223 Å². The van der Waals surface area contributed by atoms with Crippen LogP contribution >= 0.6 is 0 Å². The lowest BCUT2D eigenvalue weighted by Crippen LogP contribution is -2.47. The maximum atomic E-state index is 14.1. The van der Waals surface area contributed by atoms with Gasteiger partial charge >= 0.3 is 5.69 Å². The van der Waals surface area contributed by atoms with Crippen LogP contribution in [0.3, 0.4) is 0 Å². The number of carbonyl (C=O) groups is 1. The monoisotopic (exact) mass is 541 g/mol. The molecule has 0 atom stereocenters. The Hall–Kier alpha value is -3.41. The Bertz CT molecular complexity index is 1420. The number of imidazole rings is 1. The zero-order valence-electron chi connectivity index (χ0n) is 22.0. The first-order valence-electron chi connectivity index (χ1n) is 12.7. The Morgan fingerprint density at radius 2 is 1.71 bits per heavy atom. The molecule has 0 radical (unpaired) electrons. The number of hydrogen-bond donors (Lipinski definition) is 2. The smallest absolute Gasteiger partial charge is 0.334 e. The Kier molecular flexibility index (Phi) is 8.70. The van der Waals surface area contributed by atoms with Gasteiger partial charge < -0.3 is 15.0 Å². The van der Waals surface area contributed by atoms with E-state index in [9.17, 15) is 18.0 Å². The van der Waals surface area contributed by atoms with Gasteiger partial charge in [0.05, 0.1) is 24.2 Å². The topological polar surface area (TPSA) is 115 Å². The summed E-state index contributed by atoms with van der Waals surface area (Å²) in [5.74, 6) is 0.131. The van der Waals surface area contributed by atoms with Gasteiger partial charge in [-0.2, -0.15) is 0 Å². The molecule has 0 bridgehead atoms. The number of rotatable bonds is 10. The van der Waals surface area contributed by atoms with Gasteiger partial charge in [-0.3, -0.25) is 13.9 Å². The number of carbonyl (C=O) groups excluding carboxylic acids is 1. The first kappa shape index (κ1) is 27.6. The summed E-state index contributed by atoms with van der Waals surface area (Å²) in [4.78, 5) is 29.8. The second kappa shape index (κ2) is 12.0. The molecule has 10 nitrogen and oxygen atoms in total. The maximum Gasteiger partial charge on any atom is 0.334 e. The molecular formula is C27H35N5O5S. The molecule has 11 heteroatoms. The molecule has 4 rings (SSSR count). The predicted octanol–water partition coefficient (Wildman–Crippen LogP) is 1.94. The van der Waals surface area contributed by atoms with Crippen molar-refractivity contribution < 1.29 is 17.9 Å². The summed E-state index contributed by atoms with van der Waals surface area (Å²) in [5, 5.41) is 3.25. The number of benzene rings is 2. The standard InChI is InChI=1S/C27H35N5O5S/c1-20(2)19-38(35,36)29-15-18-31-25(26(33)30-16-13-28-14-17-30)24(21-9-5-4-6-10-21)32(27(31)34)22-11-7-8-12-23(22)37-3/h4-12,20,28-29H,13-19H2,1-3H3. The van der Waals surface area contributed by atoms with E-state index in [2.05, 4.69) is 10.0 Å². The molecule has 2 heterocycles. The second-order valence-electron chi connectivity index (χ2n) is 9.62. The van der Waals surface area contributed by atoms with Gasteiger partial charge in [0.1, 0.15) is 11.4 Å². The molecule has 2 N–H and O–H groups in total. The van der Waals surface area contributed by atoms with E-state index in [0.29, 0.717) is 48.9 Å². The second-order valence-corrected chi connectivity index (χ2v) is 11.5. The van der Waals surface area contributed by atoms with Gasteiger partial charge in [-0.25, -0.2) is 17.9 Å². The lowest BCUT2D eigenvalue weighted by Gasteiger charge is -2.28. The number of nitrogens with zero attached hydrogens (tertiary/aromatic N) is 3. The van der Waals surface area contributed by atoms with Gasteiger partial charge in [-0.1, -0.05) is 56.3 Å². The number of amides is 1. The van der Waals surface area contributed by atoms with E-state index in [-0.39, 0.29) is 36.4 Å². The lowest BCUT2D eigenvalue weighted by molar-refractivity contribution is 0.0725. The average molecular weight is 542 g/mol. The Balaban J connectivity index is 1.90. The summed E-state index contributed by atoms with van der Waals surface area (Å²) in [7, 11) is -2.00. The fraction of sp³-hybridized carbons (Fsp3) is 0.407. The largest absolute Gasteiger partial charge is 0.495 e. The summed E-state index contributed by atoms with van der Waals surface area (Å²) >= 11 is 0. The molecule has 2 aromatic carbocycles. The molecule has 1 aromatic heterocycles. The van der Waals surface area contributed by atoms with E-state index in [1.807, 2.05) is 50.2 Å². The third-order valence-corrected chi connectivity index (χ3v) is 8.08. The average Bonchev–Trinajstić information content (AvgIpc) is 3.20. The molecule has 0 spiro atoms. The van der Waals surface area contributed by atoms with Crippen molar-refractivity contribution in [2.75, 3.05) is 45.6 Å². The summed E-state index contributed by atoms with van der Waals surface area (Å²) < 4.78 is 36.0. The summed E-state index contributed by atoms with van der Waals surface area (Å²) in [6.07, 6.45) is 0. The van der Waals surface area contributed by atoms with Crippen molar-refractivity contribution in [3.8, 4) is 22.7 Å². The van der Waals surface area contributed by atoms with Gasteiger partial charge in [-0.15, -0.1) is 0 Å². The molecule has 1 aliphatic heterocycles. The van der Waals surface area contributed by atoms with Crippen molar-refractivity contribution in [3.63, 3.8) is 0 Å². The lowest BCUT2D eigenvalue weighted by atomic mass is 10.1. The molecule has 0 saturated carbocycles. The summed E-state index contributed by atoms with van der Waals surface area (Å²) in [5.41, 5.74) is 1.39. The van der Waals surface area contributed by atoms with Crippen LogP contribution in [0.25, 0.3) is 16.9 Å². The highest BCUT2D eigenvalue weighted by Crippen LogP contribution is 2.31. The third-order valence-electron chi connectivity index (χ3n) is 6.33. The normalized spacial score (nSPS) is 14.2. The number of piperazine rings is 1. The molecule has 1 saturated heterocycles. The van der Waals surface area contributed by atoms with E-state index in [4.69, 9.17) is 4.74 Å². The molecule has 0 unspecified atom stereocenters. The van der Waals surface area contributed by atoms with Crippen LogP contribution in [0, 0.1) is 5.92 Å². The molecule has 1 aliphatic rings. The van der Waals surface area contributed by atoms with E-state index in [0.717, 1.165) is 0 Å². The minimum Gasteiger partial charge on any atom is -0.495 e. The zero-order chi connectivity index (χ0) is 27.3. The van der Waals surface area contributed by atoms with Crippen molar-refractivity contribution in [1.82, 2.24) is 24.1 Å². The number of ether oxygens (including phenoxy) is 1. The maximum absolute atomic E-state index is 14.1. The molecule has 3 aromatic rings. The number of methoxy groups -OCH3 is 1. The molecule has 1 amide bonds. The van der Waals surface area contributed by atoms with E-state index in [1.165, 1.54) is 16.2 Å². The molecule has 1 fully saturated rings. The number of hydrogen-bond acceptors (Lipinski definition) is 6. The quantitative estimate of drug-likeness (QED) is 0.406. The van der Waals surface area contributed by atoms with E-state index in [1.54, 1.807) is 23.1 Å². The van der Waals surface area contributed by atoms with Crippen LogP contribution in [0.1, 0.15) is 24.3 Å². The Morgan fingerprint density at radius 1 is 1.05 bits per heavy atom. The summed E-state index contributed by atoms with van der Waals surface area (Å²) in [6, 6.07) is 16.4. The predicted molar refractivity (Wildman–Crippen MR) is 147 cm³/mol. The molecule has 38 heavy (non-hydrogen) atoms. The Morgan fingerprint density at radius 3 is 2.37 bits per heavy atom. The molecule has 204 valence electrons. The van der Waals surface area contributed by atoms with Crippen molar-refractivity contribution >= 4 is 15.9 Å². The van der Waals surface area contributed by atoms with Crippen LogP contribution in [-0.2, 0) is 16.6 Å². The van der Waals surface area contributed by atoms with Gasteiger partial charge in [0, 0.05) is 44.8 Å². The molecular weight excluding hydrogens is 506 g/mol. The van der Waals surface area contributed by atoms with Crippen molar-refractivity contribution in [3.05, 3.63) is 70.8 Å². The fourth-order valence-electron chi connectivity index (χ4n) is 4.70. The first-order chi connectivity index (χ1) is 18.2. The van der Waals surface area contributed by atoms with Crippen LogP contribution < -0.4 is 20.5 Å². The highest BCUT2D eigenvalue weighted by molar-refractivity contribution is 7.89. The first-order valence-corrected chi connectivity index (χ1v) is 14.4. The van der Waals surface area contributed by atoms with Crippen LogP contribution in [0.4, 0.5) is 0 Å². The highest BCUT2D eigenvalue weighted by atomic mass is 32.2. The van der Waals surface area contributed by atoms with Crippen molar-refractivity contribution in [2.45, 2.75) is 20.4 Å². The van der Waals surface area contributed by atoms with Crippen molar-refractivity contribution in [2.24, 2.45) is 5.92 Å². The van der Waals surface area contributed by atoms with Crippen LogP contribution in [0.5, 0.6) is 5.75 Å². The zero-order valence-corrected chi connectivity index (χ0v) is 22.8. The van der Waals surface area contributed by atoms with Gasteiger partial charge in [-0.05, 0) is 18.1 Å². The number of aromatic nitrogens is 2. The number of para-hydroxylation sites is 2. The molecule has 0 aliphatic carbocycles. The number of nitrogens with one attached hydrogen (secondary N) is 2. The van der Waals surface area contributed by atoms with E-state index < -0.39 is 15.7 Å². The van der Waals surface area contributed by atoms with Gasteiger partial charge in [0.15, 0.2) is 0 Å². The minimum atomic E-state index is -3.53.